The van der Waals surface area contributed by atoms with Crippen molar-refractivity contribution in [1.82, 2.24) is 0 Å². The molecule has 0 saturated carbocycles. The number of anilines is 1. The summed E-state index contributed by atoms with van der Waals surface area (Å²) in [6, 6.07) is 26.0. The molecule has 4 nitrogen and oxygen atoms in total. The van der Waals surface area contributed by atoms with E-state index in [4.69, 9.17) is 4.74 Å². The summed E-state index contributed by atoms with van der Waals surface area (Å²) in [5, 5.41) is 2.76. The fourth-order valence-corrected chi connectivity index (χ4v) is 2.73. The molecule has 0 unspecified atom stereocenters. The second kappa shape index (κ2) is 8.81. The molecule has 0 aliphatic carbocycles. The Morgan fingerprint density at radius 3 is 2.00 bits per heavy atom. The fourth-order valence-electron chi connectivity index (χ4n) is 2.73. The van der Waals surface area contributed by atoms with Gasteiger partial charge in [-0.3, -0.25) is 4.79 Å². The van der Waals surface area contributed by atoms with E-state index in [0.717, 1.165) is 11.1 Å². The zero-order chi connectivity index (χ0) is 19.1. The Labute approximate surface area is 158 Å². The van der Waals surface area contributed by atoms with Gasteiger partial charge in [0.25, 0.3) is 0 Å². The van der Waals surface area contributed by atoms with Crippen LogP contribution in [0.15, 0.2) is 84.9 Å². The van der Waals surface area contributed by atoms with Gasteiger partial charge in [0.05, 0.1) is 5.56 Å². The van der Waals surface area contributed by atoms with Gasteiger partial charge in [-0.25, -0.2) is 4.79 Å². The lowest BCUT2D eigenvalue weighted by Gasteiger charge is -2.19. The minimum atomic E-state index is -0.506. The average Bonchev–Trinajstić information content (AvgIpc) is 2.73. The molecular weight excluding hydrogens is 338 g/mol. The number of rotatable bonds is 6. The van der Waals surface area contributed by atoms with Crippen molar-refractivity contribution in [3.8, 4) is 0 Å². The van der Waals surface area contributed by atoms with E-state index in [1.807, 2.05) is 60.7 Å². The summed E-state index contributed by atoms with van der Waals surface area (Å²) in [5.74, 6) is -0.549. The zero-order valence-electron chi connectivity index (χ0n) is 15.1. The minimum Gasteiger partial charge on any atom is -0.449 e. The Morgan fingerprint density at radius 2 is 1.44 bits per heavy atom. The molecule has 0 atom stereocenters. The molecule has 3 rings (SSSR count). The van der Waals surface area contributed by atoms with E-state index >= 15 is 0 Å². The SMILES string of the molecule is CCC(=O)Nc1cccc(C(=O)OC(c2ccccc2)c2ccccc2)c1. The molecule has 0 bridgehead atoms. The molecule has 1 N–H and O–H groups in total. The number of carbonyl (C=O) groups is 2. The summed E-state index contributed by atoms with van der Waals surface area (Å²) in [5.41, 5.74) is 2.76. The predicted molar refractivity (Wildman–Crippen MR) is 106 cm³/mol. The molecule has 0 aliphatic heterocycles. The maximum absolute atomic E-state index is 12.8. The summed E-state index contributed by atoms with van der Waals surface area (Å²) in [4.78, 5) is 24.4. The average molecular weight is 359 g/mol. The Balaban J connectivity index is 1.85. The molecule has 27 heavy (non-hydrogen) atoms. The van der Waals surface area contributed by atoms with E-state index in [0.29, 0.717) is 17.7 Å². The highest BCUT2D eigenvalue weighted by Gasteiger charge is 2.20. The molecule has 0 fully saturated rings. The van der Waals surface area contributed by atoms with Crippen LogP contribution in [0.2, 0.25) is 0 Å². The van der Waals surface area contributed by atoms with Gasteiger partial charge in [0, 0.05) is 12.1 Å². The number of amides is 1. The maximum Gasteiger partial charge on any atom is 0.339 e. The number of benzene rings is 3. The normalized spacial score (nSPS) is 10.4. The molecule has 3 aromatic carbocycles. The molecule has 0 heterocycles. The number of nitrogens with one attached hydrogen (secondary N) is 1. The zero-order valence-corrected chi connectivity index (χ0v) is 15.1. The molecule has 1 amide bonds. The van der Waals surface area contributed by atoms with E-state index in [-0.39, 0.29) is 5.91 Å². The molecule has 0 spiro atoms. The van der Waals surface area contributed by atoms with Crippen LogP contribution in [0.5, 0.6) is 0 Å². The van der Waals surface area contributed by atoms with E-state index < -0.39 is 12.1 Å². The Hall–Kier alpha value is -3.40. The van der Waals surface area contributed by atoms with Crippen molar-refractivity contribution in [1.29, 1.82) is 0 Å². The lowest BCUT2D eigenvalue weighted by Crippen LogP contribution is -2.14. The molecule has 0 radical (unpaired) electrons. The number of ether oxygens (including phenoxy) is 1. The van der Waals surface area contributed by atoms with Gasteiger partial charge < -0.3 is 10.1 Å². The van der Waals surface area contributed by atoms with E-state index in [1.165, 1.54) is 0 Å². The fraction of sp³-hybridized carbons (Fsp3) is 0.130. The second-order valence-electron chi connectivity index (χ2n) is 6.09. The van der Waals surface area contributed by atoms with Crippen LogP contribution in [0, 0.1) is 0 Å². The van der Waals surface area contributed by atoms with Crippen molar-refractivity contribution in [2.45, 2.75) is 19.4 Å². The molecular formula is C23H21NO3. The first-order valence-electron chi connectivity index (χ1n) is 8.88. The number of carbonyl (C=O) groups excluding carboxylic acids is 2. The number of hydrogen-bond acceptors (Lipinski definition) is 3. The Bertz CT molecular complexity index is 868. The van der Waals surface area contributed by atoms with Crippen LogP contribution >= 0.6 is 0 Å². The number of esters is 1. The van der Waals surface area contributed by atoms with Crippen LogP contribution in [0.3, 0.4) is 0 Å². The standard InChI is InChI=1S/C23H21NO3/c1-2-21(25)24-20-15-9-14-19(16-20)23(26)27-22(17-10-5-3-6-11-17)18-12-7-4-8-13-18/h3-16,22H,2H2,1H3,(H,24,25). The lowest BCUT2D eigenvalue weighted by molar-refractivity contribution is -0.115. The summed E-state index contributed by atoms with van der Waals surface area (Å²) in [6.45, 7) is 1.78. The first kappa shape index (κ1) is 18.4. The smallest absolute Gasteiger partial charge is 0.339 e. The summed E-state index contributed by atoms with van der Waals surface area (Å²) < 4.78 is 5.84. The van der Waals surface area contributed by atoms with Crippen molar-refractivity contribution in [2.24, 2.45) is 0 Å². The van der Waals surface area contributed by atoms with E-state index in [1.54, 1.807) is 31.2 Å². The van der Waals surface area contributed by atoms with Gasteiger partial charge in [0.15, 0.2) is 6.10 Å². The van der Waals surface area contributed by atoms with Crippen molar-refractivity contribution < 1.29 is 14.3 Å². The van der Waals surface area contributed by atoms with Gasteiger partial charge in [0.1, 0.15) is 0 Å². The minimum absolute atomic E-state index is 0.105. The molecule has 4 heteroatoms. The monoisotopic (exact) mass is 359 g/mol. The van der Waals surface area contributed by atoms with Gasteiger partial charge in [-0.1, -0.05) is 73.7 Å². The van der Waals surface area contributed by atoms with Gasteiger partial charge in [-0.05, 0) is 29.3 Å². The second-order valence-corrected chi connectivity index (χ2v) is 6.09. The van der Waals surface area contributed by atoms with Crippen molar-refractivity contribution in [3.05, 3.63) is 102 Å². The van der Waals surface area contributed by atoms with Crippen LogP contribution in [0.25, 0.3) is 0 Å². The largest absolute Gasteiger partial charge is 0.449 e. The third-order valence-corrected chi connectivity index (χ3v) is 4.13. The molecule has 3 aromatic rings. The topological polar surface area (TPSA) is 55.4 Å². The van der Waals surface area contributed by atoms with E-state index in [9.17, 15) is 9.59 Å². The van der Waals surface area contributed by atoms with Gasteiger partial charge in [-0.15, -0.1) is 0 Å². The summed E-state index contributed by atoms with van der Waals surface area (Å²) in [6.07, 6.45) is -0.132. The maximum atomic E-state index is 12.8. The lowest BCUT2D eigenvalue weighted by atomic mass is 10.0. The highest BCUT2D eigenvalue weighted by atomic mass is 16.5. The van der Waals surface area contributed by atoms with Crippen LogP contribution in [-0.4, -0.2) is 11.9 Å². The molecule has 0 aliphatic rings. The molecule has 0 aromatic heterocycles. The van der Waals surface area contributed by atoms with Crippen LogP contribution in [-0.2, 0) is 9.53 Å². The van der Waals surface area contributed by atoms with Crippen molar-refractivity contribution in [3.63, 3.8) is 0 Å². The molecule has 0 saturated heterocycles. The first-order chi connectivity index (χ1) is 13.2. The highest BCUT2D eigenvalue weighted by Crippen LogP contribution is 2.27. The summed E-state index contributed by atoms with van der Waals surface area (Å²) in [7, 11) is 0. The number of hydrogen-bond donors (Lipinski definition) is 1. The third kappa shape index (κ3) is 4.82. The predicted octanol–water partition coefficient (Wildman–Crippen LogP) is 4.98. The highest BCUT2D eigenvalue weighted by molar-refractivity contribution is 5.94. The van der Waals surface area contributed by atoms with Crippen molar-refractivity contribution in [2.75, 3.05) is 5.32 Å². The van der Waals surface area contributed by atoms with E-state index in [2.05, 4.69) is 5.32 Å². The van der Waals surface area contributed by atoms with Gasteiger partial charge >= 0.3 is 5.97 Å². The Kier molecular flexibility index (Phi) is 6.00. The van der Waals surface area contributed by atoms with Crippen molar-refractivity contribution >= 4 is 17.6 Å². The van der Waals surface area contributed by atoms with Gasteiger partial charge in [-0.2, -0.15) is 0 Å². The third-order valence-electron chi connectivity index (χ3n) is 4.13. The quantitative estimate of drug-likeness (QED) is 0.632. The van der Waals surface area contributed by atoms with Crippen LogP contribution < -0.4 is 5.32 Å². The summed E-state index contributed by atoms with van der Waals surface area (Å²) >= 11 is 0. The first-order valence-corrected chi connectivity index (χ1v) is 8.88. The van der Waals surface area contributed by atoms with Crippen LogP contribution in [0.4, 0.5) is 5.69 Å². The van der Waals surface area contributed by atoms with Gasteiger partial charge in [0.2, 0.25) is 5.91 Å². The molecule has 136 valence electrons. The van der Waals surface area contributed by atoms with Crippen LogP contribution in [0.1, 0.15) is 40.9 Å². The Morgan fingerprint density at radius 1 is 0.852 bits per heavy atom.